The number of methoxy groups -OCH3 is 1. The molecule has 1 amide bonds. The van der Waals surface area contributed by atoms with Crippen LogP contribution in [0.2, 0.25) is 0 Å². The summed E-state index contributed by atoms with van der Waals surface area (Å²) in [6.45, 7) is 5.19. The van der Waals surface area contributed by atoms with Gasteiger partial charge in [0.1, 0.15) is 0 Å². The normalized spacial score (nSPS) is 27.8. The number of ether oxygens (including phenoxy) is 1. The molecule has 0 aromatic heterocycles. The monoisotopic (exact) mass is 271 g/mol. The van der Waals surface area contributed by atoms with Crippen molar-refractivity contribution in [2.24, 2.45) is 11.7 Å². The van der Waals surface area contributed by atoms with Gasteiger partial charge in [-0.3, -0.25) is 4.79 Å². The predicted octanol–water partition coefficient (Wildman–Crippen LogP) is 0.585. The predicted molar refractivity (Wildman–Crippen MR) is 76.9 cm³/mol. The molecule has 5 heteroatoms. The van der Waals surface area contributed by atoms with Crippen LogP contribution in [-0.2, 0) is 9.53 Å². The lowest BCUT2D eigenvalue weighted by Crippen LogP contribution is -2.51. The second kappa shape index (κ2) is 7.82. The van der Waals surface area contributed by atoms with Gasteiger partial charge in [-0.1, -0.05) is 0 Å². The Hall–Kier alpha value is -0.650. The number of hydrogen-bond acceptors (Lipinski definition) is 4. The molecule has 3 N–H and O–H groups in total. The van der Waals surface area contributed by atoms with Crippen molar-refractivity contribution in [3.8, 4) is 0 Å². The van der Waals surface area contributed by atoms with E-state index >= 15 is 0 Å². The average molecular weight is 271 g/mol. The van der Waals surface area contributed by atoms with Gasteiger partial charge in [-0.2, -0.15) is 0 Å². The first-order valence-electron chi connectivity index (χ1n) is 7.19. The van der Waals surface area contributed by atoms with Crippen molar-refractivity contribution in [3.05, 3.63) is 0 Å². The second-order valence-electron chi connectivity index (χ2n) is 5.82. The lowest BCUT2D eigenvalue weighted by atomic mass is 9.81. The van der Waals surface area contributed by atoms with Gasteiger partial charge in [0.2, 0.25) is 5.91 Å². The third-order valence-corrected chi connectivity index (χ3v) is 4.26. The fraction of sp³-hybridized carbons (Fsp3) is 0.929. The lowest BCUT2D eigenvalue weighted by molar-refractivity contribution is -0.121. The molecule has 0 radical (unpaired) electrons. The van der Waals surface area contributed by atoms with Crippen molar-refractivity contribution in [1.29, 1.82) is 0 Å². The molecule has 1 aliphatic rings. The van der Waals surface area contributed by atoms with Crippen molar-refractivity contribution in [2.75, 3.05) is 27.3 Å². The Morgan fingerprint density at radius 2 is 2.16 bits per heavy atom. The zero-order chi connectivity index (χ0) is 14.4. The Kier molecular flexibility index (Phi) is 6.75. The van der Waals surface area contributed by atoms with Crippen LogP contribution in [0.15, 0.2) is 0 Å². The minimum Gasteiger partial charge on any atom is -0.384 e. The van der Waals surface area contributed by atoms with Crippen molar-refractivity contribution < 1.29 is 9.53 Å². The van der Waals surface area contributed by atoms with Crippen LogP contribution >= 0.6 is 0 Å². The van der Waals surface area contributed by atoms with E-state index in [1.807, 2.05) is 0 Å². The molecular formula is C14H29N3O2. The zero-order valence-corrected chi connectivity index (χ0v) is 12.7. The molecule has 0 spiro atoms. The van der Waals surface area contributed by atoms with Crippen LogP contribution in [0.3, 0.4) is 0 Å². The van der Waals surface area contributed by atoms with Gasteiger partial charge in [0.05, 0.1) is 13.2 Å². The summed E-state index contributed by atoms with van der Waals surface area (Å²) in [5, 5.41) is 3.03. The third kappa shape index (κ3) is 4.75. The first-order chi connectivity index (χ1) is 8.99. The molecule has 0 saturated heterocycles. The number of nitrogens with zero attached hydrogens (tertiary/aromatic N) is 1. The minimum atomic E-state index is -0.0678. The number of nitrogens with two attached hydrogens (primary N) is 1. The van der Waals surface area contributed by atoms with E-state index in [0.29, 0.717) is 24.6 Å². The van der Waals surface area contributed by atoms with E-state index < -0.39 is 0 Å². The molecule has 0 aromatic rings. The van der Waals surface area contributed by atoms with Crippen LogP contribution in [0.4, 0.5) is 0 Å². The van der Waals surface area contributed by atoms with Gasteiger partial charge in [0.15, 0.2) is 0 Å². The summed E-state index contributed by atoms with van der Waals surface area (Å²) in [5.74, 6) is 0.308. The molecule has 1 aliphatic carbocycles. The van der Waals surface area contributed by atoms with Gasteiger partial charge in [0.25, 0.3) is 0 Å². The number of hydrogen-bond donors (Lipinski definition) is 2. The molecule has 5 nitrogen and oxygen atoms in total. The van der Waals surface area contributed by atoms with Crippen LogP contribution in [0, 0.1) is 5.92 Å². The Bertz CT molecular complexity index is 284. The van der Waals surface area contributed by atoms with E-state index in [0.717, 1.165) is 19.3 Å². The standard InChI is InChI=1S/C14H29N3O2/c1-10(2)17(3)12-5-6-13(16-14(18)8-15)11(7-12)9-19-4/h10-13H,5-9,15H2,1-4H3,(H,16,18)/t11-,12-,13+/m1/s1. The average Bonchev–Trinajstić information content (AvgIpc) is 2.39. The summed E-state index contributed by atoms with van der Waals surface area (Å²) >= 11 is 0. The maximum absolute atomic E-state index is 11.5. The first-order valence-corrected chi connectivity index (χ1v) is 7.19. The Labute approximate surface area is 116 Å². The number of rotatable bonds is 6. The van der Waals surface area contributed by atoms with Gasteiger partial charge < -0.3 is 20.7 Å². The van der Waals surface area contributed by atoms with Crippen LogP contribution < -0.4 is 11.1 Å². The molecule has 0 aromatic carbocycles. The van der Waals surface area contributed by atoms with E-state index in [1.165, 1.54) is 0 Å². The number of carbonyl (C=O) groups excluding carboxylic acids is 1. The Balaban J connectivity index is 2.61. The molecule has 0 heterocycles. The smallest absolute Gasteiger partial charge is 0.233 e. The van der Waals surface area contributed by atoms with Crippen LogP contribution in [0.1, 0.15) is 33.1 Å². The van der Waals surface area contributed by atoms with Crippen molar-refractivity contribution in [2.45, 2.75) is 51.2 Å². The fourth-order valence-electron chi connectivity index (χ4n) is 2.88. The number of amides is 1. The summed E-state index contributed by atoms with van der Waals surface area (Å²) in [6, 6.07) is 1.32. The molecule has 1 rings (SSSR count). The zero-order valence-electron chi connectivity index (χ0n) is 12.7. The SMILES string of the molecule is COC[C@H]1C[C@H](N(C)C(C)C)CC[C@@H]1NC(=O)CN. The quantitative estimate of drug-likeness (QED) is 0.742. The number of carbonyl (C=O) groups is 1. The number of nitrogens with one attached hydrogen (secondary N) is 1. The molecule has 0 aliphatic heterocycles. The molecule has 0 bridgehead atoms. The molecule has 1 fully saturated rings. The van der Waals surface area contributed by atoms with Crippen molar-refractivity contribution in [1.82, 2.24) is 10.2 Å². The maximum Gasteiger partial charge on any atom is 0.233 e. The largest absolute Gasteiger partial charge is 0.384 e. The summed E-state index contributed by atoms with van der Waals surface area (Å²) in [5.41, 5.74) is 5.37. The van der Waals surface area contributed by atoms with Gasteiger partial charge >= 0.3 is 0 Å². The molecule has 112 valence electrons. The molecule has 19 heavy (non-hydrogen) atoms. The summed E-state index contributed by atoms with van der Waals surface area (Å²) in [7, 11) is 3.90. The summed E-state index contributed by atoms with van der Waals surface area (Å²) < 4.78 is 5.31. The van der Waals surface area contributed by atoms with Gasteiger partial charge in [0, 0.05) is 31.2 Å². The van der Waals surface area contributed by atoms with Crippen molar-refractivity contribution >= 4 is 5.91 Å². The molecule has 3 atom stereocenters. The highest BCUT2D eigenvalue weighted by Gasteiger charge is 2.33. The van der Waals surface area contributed by atoms with E-state index in [-0.39, 0.29) is 18.5 Å². The van der Waals surface area contributed by atoms with E-state index in [1.54, 1.807) is 7.11 Å². The summed E-state index contributed by atoms with van der Waals surface area (Å²) in [4.78, 5) is 13.9. The maximum atomic E-state index is 11.5. The van der Waals surface area contributed by atoms with Crippen LogP contribution in [-0.4, -0.2) is 56.2 Å². The molecule has 1 saturated carbocycles. The van der Waals surface area contributed by atoms with Crippen LogP contribution in [0.5, 0.6) is 0 Å². The first kappa shape index (κ1) is 16.4. The Morgan fingerprint density at radius 3 is 2.68 bits per heavy atom. The summed E-state index contributed by atoms with van der Waals surface area (Å²) in [6.07, 6.45) is 3.18. The topological polar surface area (TPSA) is 67.6 Å². The third-order valence-electron chi connectivity index (χ3n) is 4.26. The highest BCUT2D eigenvalue weighted by Crippen LogP contribution is 2.28. The second-order valence-corrected chi connectivity index (χ2v) is 5.82. The molecular weight excluding hydrogens is 242 g/mol. The van der Waals surface area contributed by atoms with Gasteiger partial charge in [-0.25, -0.2) is 0 Å². The lowest BCUT2D eigenvalue weighted by Gasteiger charge is -2.41. The van der Waals surface area contributed by atoms with Gasteiger partial charge in [-0.15, -0.1) is 0 Å². The van der Waals surface area contributed by atoms with Crippen molar-refractivity contribution in [3.63, 3.8) is 0 Å². The van der Waals surface area contributed by atoms with E-state index in [9.17, 15) is 4.79 Å². The molecule has 0 unspecified atom stereocenters. The Morgan fingerprint density at radius 1 is 1.47 bits per heavy atom. The minimum absolute atomic E-state index is 0.0610. The highest BCUT2D eigenvalue weighted by molar-refractivity contribution is 5.78. The van der Waals surface area contributed by atoms with E-state index in [2.05, 4.69) is 31.1 Å². The highest BCUT2D eigenvalue weighted by atomic mass is 16.5. The van der Waals surface area contributed by atoms with E-state index in [4.69, 9.17) is 10.5 Å². The van der Waals surface area contributed by atoms with Gasteiger partial charge in [-0.05, 0) is 40.2 Å². The van der Waals surface area contributed by atoms with Crippen LogP contribution in [0.25, 0.3) is 0 Å². The fourth-order valence-corrected chi connectivity index (χ4v) is 2.88.